The molecule has 0 aliphatic carbocycles. The minimum Gasteiger partial charge on any atom is -0.346 e. The van der Waals surface area contributed by atoms with Crippen LogP contribution in [0.25, 0.3) is 0 Å². The molecule has 0 aromatic rings. The zero-order valence-corrected chi connectivity index (χ0v) is 9.19. The molecule has 2 atom stereocenters. The molecule has 0 saturated heterocycles. The monoisotopic (exact) mass is 236 g/mol. The number of nitrogens with one attached hydrogen (secondary N) is 2. The molecule has 0 aliphatic heterocycles. The van der Waals surface area contributed by atoms with E-state index in [1.807, 2.05) is 6.92 Å². The number of amides is 1. The Morgan fingerprint density at radius 2 is 2.06 bits per heavy atom. The lowest BCUT2D eigenvalue weighted by Gasteiger charge is -2.18. The van der Waals surface area contributed by atoms with Gasteiger partial charge in [-0.15, -0.1) is 6.42 Å². The van der Waals surface area contributed by atoms with Gasteiger partial charge in [-0.05, 0) is 13.3 Å². The number of hydrogen-bond acceptors (Lipinski definition) is 2. The molecule has 92 valence electrons. The molecule has 0 aliphatic rings. The zero-order valence-electron chi connectivity index (χ0n) is 9.19. The van der Waals surface area contributed by atoms with Gasteiger partial charge in [0.25, 0.3) is 0 Å². The molecule has 0 heterocycles. The molecule has 1 amide bonds. The van der Waals surface area contributed by atoms with E-state index in [1.165, 1.54) is 6.92 Å². The van der Waals surface area contributed by atoms with Gasteiger partial charge in [-0.25, -0.2) is 0 Å². The van der Waals surface area contributed by atoms with Crippen molar-refractivity contribution >= 4 is 5.91 Å². The van der Waals surface area contributed by atoms with E-state index in [-0.39, 0.29) is 6.04 Å². The van der Waals surface area contributed by atoms with Crippen molar-refractivity contribution in [1.29, 1.82) is 0 Å². The fourth-order valence-electron chi connectivity index (χ4n) is 1.00. The molecule has 0 aromatic heterocycles. The minimum absolute atomic E-state index is 0.313. The van der Waals surface area contributed by atoms with Gasteiger partial charge in [0.05, 0.1) is 12.1 Å². The average Bonchev–Trinajstić information content (AvgIpc) is 2.20. The Kier molecular flexibility index (Phi) is 5.89. The molecule has 0 aromatic carbocycles. The number of alkyl halides is 3. The Labute approximate surface area is 92.8 Å². The summed E-state index contributed by atoms with van der Waals surface area (Å²) in [4.78, 5) is 11.2. The first-order valence-corrected chi connectivity index (χ1v) is 4.86. The highest BCUT2D eigenvalue weighted by molar-refractivity contribution is 5.81. The summed E-state index contributed by atoms with van der Waals surface area (Å²) in [6.45, 7) is 1.95. The molecular formula is C10H15F3N2O. The molecule has 16 heavy (non-hydrogen) atoms. The van der Waals surface area contributed by atoms with E-state index in [1.54, 1.807) is 5.32 Å². The van der Waals surface area contributed by atoms with E-state index in [9.17, 15) is 18.0 Å². The third-order valence-electron chi connectivity index (χ3n) is 1.92. The van der Waals surface area contributed by atoms with E-state index in [0.29, 0.717) is 6.42 Å². The number of halogens is 3. The first-order chi connectivity index (χ1) is 7.30. The van der Waals surface area contributed by atoms with Gasteiger partial charge >= 0.3 is 6.18 Å². The van der Waals surface area contributed by atoms with Crippen LogP contribution in [0.15, 0.2) is 0 Å². The summed E-state index contributed by atoms with van der Waals surface area (Å²) in [6.07, 6.45) is 1.36. The number of carbonyl (C=O) groups excluding carboxylic acids is 1. The largest absolute Gasteiger partial charge is 0.405 e. The van der Waals surface area contributed by atoms with Crippen molar-refractivity contribution in [3.05, 3.63) is 0 Å². The predicted molar refractivity (Wildman–Crippen MR) is 54.6 cm³/mol. The van der Waals surface area contributed by atoms with Crippen molar-refractivity contribution in [3.8, 4) is 12.3 Å². The summed E-state index contributed by atoms with van der Waals surface area (Å²) in [5.74, 6) is 1.68. The van der Waals surface area contributed by atoms with Gasteiger partial charge in [-0.2, -0.15) is 13.2 Å². The highest BCUT2D eigenvalue weighted by Crippen LogP contribution is 2.12. The minimum atomic E-state index is -4.40. The van der Waals surface area contributed by atoms with Crippen LogP contribution in [0.2, 0.25) is 0 Å². The van der Waals surface area contributed by atoms with Crippen molar-refractivity contribution < 1.29 is 18.0 Å². The highest BCUT2D eigenvalue weighted by Gasteiger charge is 2.28. The normalized spacial score (nSPS) is 15.0. The number of hydrogen-bond donors (Lipinski definition) is 2. The van der Waals surface area contributed by atoms with Crippen molar-refractivity contribution in [2.45, 2.75) is 38.5 Å². The van der Waals surface area contributed by atoms with Crippen LogP contribution >= 0.6 is 0 Å². The van der Waals surface area contributed by atoms with Crippen LogP contribution in [0.3, 0.4) is 0 Å². The van der Waals surface area contributed by atoms with Crippen LogP contribution in [0, 0.1) is 12.3 Å². The molecule has 0 rings (SSSR count). The lowest BCUT2D eigenvalue weighted by molar-refractivity contribution is -0.139. The maximum atomic E-state index is 11.8. The topological polar surface area (TPSA) is 41.1 Å². The summed E-state index contributed by atoms with van der Waals surface area (Å²) < 4.78 is 35.4. The lowest BCUT2D eigenvalue weighted by Crippen LogP contribution is -2.48. The first kappa shape index (κ1) is 14.8. The Balaban J connectivity index is 4.05. The second kappa shape index (κ2) is 6.38. The van der Waals surface area contributed by atoms with Crippen molar-refractivity contribution in [1.82, 2.24) is 10.6 Å². The van der Waals surface area contributed by atoms with E-state index in [2.05, 4.69) is 11.2 Å². The Morgan fingerprint density at radius 1 is 1.50 bits per heavy atom. The smallest absolute Gasteiger partial charge is 0.346 e. The average molecular weight is 236 g/mol. The molecule has 0 fully saturated rings. The van der Waals surface area contributed by atoms with E-state index in [4.69, 9.17) is 6.42 Å². The predicted octanol–water partition coefficient (Wildman–Crippen LogP) is 1.05. The molecule has 0 radical (unpaired) electrons. The first-order valence-electron chi connectivity index (χ1n) is 4.86. The standard InChI is InChI=1S/C10H15F3N2O/c1-4-8(5-2)15-7(3)9(16)14-6-10(11,12)13/h1,7-8,15H,5-6H2,2-3H3,(H,14,16). The Hall–Kier alpha value is -1.22. The van der Waals surface area contributed by atoms with E-state index < -0.39 is 24.7 Å². The summed E-state index contributed by atoms with van der Waals surface area (Å²) >= 11 is 0. The van der Waals surface area contributed by atoms with E-state index in [0.717, 1.165) is 0 Å². The molecular weight excluding hydrogens is 221 g/mol. The van der Waals surface area contributed by atoms with Gasteiger partial charge in [0.15, 0.2) is 0 Å². The Bertz CT molecular complexity index is 270. The van der Waals surface area contributed by atoms with Crippen molar-refractivity contribution in [3.63, 3.8) is 0 Å². The summed E-state index contributed by atoms with van der Waals surface area (Å²) in [6, 6.07) is -1.06. The highest BCUT2D eigenvalue weighted by atomic mass is 19.4. The fraction of sp³-hybridized carbons (Fsp3) is 0.700. The van der Waals surface area contributed by atoms with Gasteiger partial charge in [-0.3, -0.25) is 10.1 Å². The third-order valence-corrected chi connectivity index (χ3v) is 1.92. The van der Waals surface area contributed by atoms with Crippen LogP contribution in [0.4, 0.5) is 13.2 Å². The summed E-state index contributed by atoms with van der Waals surface area (Å²) in [5, 5.41) is 4.52. The fourth-order valence-corrected chi connectivity index (χ4v) is 1.00. The van der Waals surface area contributed by atoms with Crippen LogP contribution in [-0.4, -0.2) is 30.7 Å². The second-order valence-corrected chi connectivity index (χ2v) is 3.35. The van der Waals surface area contributed by atoms with Gasteiger partial charge in [0, 0.05) is 0 Å². The maximum absolute atomic E-state index is 11.8. The number of terminal acetylenes is 1. The zero-order chi connectivity index (χ0) is 12.8. The van der Waals surface area contributed by atoms with Crippen molar-refractivity contribution in [2.75, 3.05) is 6.54 Å². The second-order valence-electron chi connectivity index (χ2n) is 3.35. The van der Waals surface area contributed by atoms with Crippen LogP contribution in [0.1, 0.15) is 20.3 Å². The van der Waals surface area contributed by atoms with Gasteiger partial charge < -0.3 is 5.32 Å². The van der Waals surface area contributed by atoms with Crippen LogP contribution < -0.4 is 10.6 Å². The molecule has 3 nitrogen and oxygen atoms in total. The van der Waals surface area contributed by atoms with Gasteiger partial charge in [0.1, 0.15) is 6.54 Å². The van der Waals surface area contributed by atoms with E-state index >= 15 is 0 Å². The molecule has 6 heteroatoms. The Morgan fingerprint density at radius 3 is 2.44 bits per heavy atom. The van der Waals surface area contributed by atoms with Crippen LogP contribution in [-0.2, 0) is 4.79 Å². The summed E-state index contributed by atoms with van der Waals surface area (Å²) in [7, 11) is 0. The maximum Gasteiger partial charge on any atom is 0.405 e. The summed E-state index contributed by atoms with van der Waals surface area (Å²) in [5.41, 5.74) is 0. The third kappa shape index (κ3) is 6.30. The lowest BCUT2D eigenvalue weighted by atomic mass is 10.2. The van der Waals surface area contributed by atoms with Gasteiger partial charge in [-0.1, -0.05) is 12.8 Å². The van der Waals surface area contributed by atoms with Crippen LogP contribution in [0.5, 0.6) is 0 Å². The molecule has 2 N–H and O–H groups in total. The molecule has 0 saturated carbocycles. The molecule has 2 unspecified atom stereocenters. The SMILES string of the molecule is C#CC(CC)NC(C)C(=O)NCC(F)(F)F. The molecule has 0 bridgehead atoms. The van der Waals surface area contributed by atoms with Crippen molar-refractivity contribution in [2.24, 2.45) is 0 Å². The number of carbonyl (C=O) groups is 1. The molecule has 0 spiro atoms. The van der Waals surface area contributed by atoms with Gasteiger partial charge in [0.2, 0.25) is 5.91 Å². The number of rotatable bonds is 5. The quantitative estimate of drug-likeness (QED) is 0.701.